The van der Waals surface area contributed by atoms with Crippen LogP contribution in [0.3, 0.4) is 0 Å². The van der Waals surface area contributed by atoms with E-state index in [2.05, 4.69) is 6.58 Å². The minimum atomic E-state index is -0.418. The normalized spacial score (nSPS) is 10.5. The number of carbonyl (C=O) groups is 2. The zero-order valence-corrected chi connectivity index (χ0v) is 15.8. The molecule has 1 aromatic heterocycles. The molecule has 0 aliphatic heterocycles. The van der Waals surface area contributed by atoms with E-state index in [0.29, 0.717) is 18.8 Å². The van der Waals surface area contributed by atoms with Crippen LogP contribution in [0.2, 0.25) is 0 Å². The summed E-state index contributed by atoms with van der Waals surface area (Å²) in [6.45, 7) is 7.16. The van der Waals surface area contributed by atoms with Gasteiger partial charge in [0.05, 0.1) is 13.2 Å². The molecule has 0 radical (unpaired) electrons. The highest BCUT2D eigenvalue weighted by molar-refractivity contribution is 7.09. The molecule has 0 aliphatic rings. The van der Waals surface area contributed by atoms with Gasteiger partial charge in [-0.05, 0) is 30.5 Å². The average molecular weight is 372 g/mol. The van der Waals surface area contributed by atoms with E-state index in [-0.39, 0.29) is 25.6 Å². The number of rotatable bonds is 10. The van der Waals surface area contributed by atoms with Gasteiger partial charge in [0.1, 0.15) is 6.54 Å². The molecule has 0 N–H and O–H groups in total. The second-order valence-electron chi connectivity index (χ2n) is 5.66. The topological polar surface area (TPSA) is 49.9 Å². The number of nitrogens with zero attached hydrogens (tertiary/aromatic N) is 2. The Morgan fingerprint density at radius 1 is 1.15 bits per heavy atom. The predicted molar refractivity (Wildman–Crippen MR) is 105 cm³/mol. The third kappa shape index (κ3) is 6.13. The van der Waals surface area contributed by atoms with Crippen molar-refractivity contribution in [3.05, 3.63) is 65.4 Å². The van der Waals surface area contributed by atoms with Crippen LogP contribution in [-0.4, -0.2) is 43.0 Å². The summed E-state index contributed by atoms with van der Waals surface area (Å²) in [6, 6.07) is 13.2. The Bertz CT molecular complexity index is 701. The first-order valence-electron chi connectivity index (χ1n) is 8.50. The lowest BCUT2D eigenvalue weighted by Crippen LogP contribution is -2.43. The number of hydrogen-bond acceptors (Lipinski definition) is 5. The van der Waals surface area contributed by atoms with Crippen molar-refractivity contribution in [3.63, 3.8) is 0 Å². The van der Waals surface area contributed by atoms with E-state index in [0.717, 1.165) is 0 Å². The minimum absolute atomic E-state index is 0.0996. The summed E-state index contributed by atoms with van der Waals surface area (Å²) < 4.78 is 5.02. The predicted octanol–water partition coefficient (Wildman–Crippen LogP) is 3.33. The Morgan fingerprint density at radius 2 is 1.92 bits per heavy atom. The Balaban J connectivity index is 2.12. The van der Waals surface area contributed by atoms with Crippen molar-refractivity contribution in [1.29, 1.82) is 0 Å². The Morgan fingerprint density at radius 3 is 2.54 bits per heavy atom. The zero-order valence-electron chi connectivity index (χ0n) is 15.0. The highest BCUT2D eigenvalue weighted by Crippen LogP contribution is 2.16. The molecule has 0 atom stereocenters. The highest BCUT2D eigenvalue weighted by Gasteiger charge is 2.22. The monoisotopic (exact) mass is 372 g/mol. The number of para-hydroxylation sites is 1. The molecule has 0 bridgehead atoms. The Labute approximate surface area is 158 Å². The summed E-state index contributed by atoms with van der Waals surface area (Å²) in [5.41, 5.74) is 0.681. The summed E-state index contributed by atoms with van der Waals surface area (Å²) in [5, 5.41) is 2.01. The Kier molecular flexibility index (Phi) is 8.05. The van der Waals surface area contributed by atoms with E-state index in [1.807, 2.05) is 52.7 Å². The molecule has 138 valence electrons. The van der Waals surface area contributed by atoms with Crippen LogP contribution in [0.1, 0.15) is 11.8 Å². The molecule has 0 spiro atoms. The third-order valence-electron chi connectivity index (χ3n) is 3.67. The van der Waals surface area contributed by atoms with Gasteiger partial charge in [-0.2, -0.15) is 0 Å². The maximum absolute atomic E-state index is 12.9. The first-order valence-corrected chi connectivity index (χ1v) is 9.38. The van der Waals surface area contributed by atoms with Crippen molar-refractivity contribution in [2.45, 2.75) is 13.5 Å². The fraction of sp³-hybridized carbons (Fsp3) is 0.300. The molecule has 5 nitrogen and oxygen atoms in total. The molecule has 0 unspecified atom stereocenters. The third-order valence-corrected chi connectivity index (χ3v) is 4.53. The quantitative estimate of drug-likeness (QED) is 0.474. The van der Waals surface area contributed by atoms with Crippen molar-refractivity contribution >= 4 is 28.9 Å². The average Bonchev–Trinajstić information content (AvgIpc) is 3.14. The summed E-state index contributed by atoms with van der Waals surface area (Å²) in [5.74, 6) is -0.569. The van der Waals surface area contributed by atoms with E-state index in [1.165, 1.54) is 9.78 Å². The molecule has 1 amide bonds. The summed E-state index contributed by atoms with van der Waals surface area (Å²) in [7, 11) is 0. The molecule has 6 heteroatoms. The maximum Gasteiger partial charge on any atom is 0.326 e. The van der Waals surface area contributed by atoms with Crippen LogP contribution < -0.4 is 4.90 Å². The van der Waals surface area contributed by atoms with Gasteiger partial charge in [0.25, 0.3) is 0 Å². The first-order chi connectivity index (χ1) is 12.6. The first kappa shape index (κ1) is 19.9. The standard InChI is InChI=1S/C20H24N2O3S/c1-3-12-21(14-18-11-8-13-26-18)15-19(23)22(16-20(24)25-4-2)17-9-6-5-7-10-17/h3,5-11,13H,1,4,12,14-16H2,2H3. The number of esters is 1. The van der Waals surface area contributed by atoms with Crippen LogP contribution in [0.25, 0.3) is 0 Å². The molecule has 2 aromatic rings. The van der Waals surface area contributed by atoms with Crippen molar-refractivity contribution in [2.75, 3.05) is 31.1 Å². The number of anilines is 1. The van der Waals surface area contributed by atoms with Crippen LogP contribution in [0.4, 0.5) is 5.69 Å². The second kappa shape index (κ2) is 10.5. The van der Waals surface area contributed by atoms with Gasteiger partial charge in [-0.25, -0.2) is 0 Å². The van der Waals surface area contributed by atoms with Gasteiger partial charge in [-0.15, -0.1) is 17.9 Å². The number of ether oxygens (including phenoxy) is 1. The molecule has 1 aromatic carbocycles. The molecular formula is C20H24N2O3S. The number of amides is 1. The molecule has 0 saturated carbocycles. The van der Waals surface area contributed by atoms with Crippen LogP contribution in [-0.2, 0) is 20.9 Å². The van der Waals surface area contributed by atoms with Gasteiger partial charge < -0.3 is 9.64 Å². The van der Waals surface area contributed by atoms with Gasteiger partial charge >= 0.3 is 5.97 Å². The van der Waals surface area contributed by atoms with E-state index >= 15 is 0 Å². The van der Waals surface area contributed by atoms with Crippen molar-refractivity contribution < 1.29 is 14.3 Å². The second-order valence-corrected chi connectivity index (χ2v) is 6.69. The smallest absolute Gasteiger partial charge is 0.326 e. The molecule has 1 heterocycles. The van der Waals surface area contributed by atoms with Gasteiger partial charge in [0.15, 0.2) is 0 Å². The number of carbonyl (C=O) groups excluding carboxylic acids is 2. The fourth-order valence-corrected chi connectivity index (χ4v) is 3.28. The van der Waals surface area contributed by atoms with Gasteiger partial charge in [-0.3, -0.25) is 14.5 Å². The van der Waals surface area contributed by atoms with E-state index in [4.69, 9.17) is 4.74 Å². The van der Waals surface area contributed by atoms with E-state index < -0.39 is 5.97 Å². The maximum atomic E-state index is 12.9. The number of thiophene rings is 1. The van der Waals surface area contributed by atoms with Crippen molar-refractivity contribution in [2.24, 2.45) is 0 Å². The molecule has 0 fully saturated rings. The van der Waals surface area contributed by atoms with Gasteiger partial charge in [0.2, 0.25) is 5.91 Å². The molecule has 0 saturated heterocycles. The summed E-state index contributed by atoms with van der Waals surface area (Å²) in [4.78, 5) is 29.6. The van der Waals surface area contributed by atoms with Crippen LogP contribution >= 0.6 is 11.3 Å². The summed E-state index contributed by atoms with van der Waals surface area (Å²) in [6.07, 6.45) is 1.78. The van der Waals surface area contributed by atoms with Crippen LogP contribution in [0, 0.1) is 0 Å². The lowest BCUT2D eigenvalue weighted by molar-refractivity contribution is -0.142. The largest absolute Gasteiger partial charge is 0.465 e. The lowest BCUT2D eigenvalue weighted by atomic mass is 10.2. The SMILES string of the molecule is C=CCN(CC(=O)N(CC(=O)OCC)c1ccccc1)Cc1cccs1. The number of benzene rings is 1. The van der Waals surface area contributed by atoms with Crippen LogP contribution in [0.5, 0.6) is 0 Å². The molecule has 26 heavy (non-hydrogen) atoms. The number of hydrogen-bond donors (Lipinski definition) is 0. The molecule has 2 rings (SSSR count). The van der Waals surface area contributed by atoms with Crippen molar-refractivity contribution in [3.8, 4) is 0 Å². The fourth-order valence-electron chi connectivity index (χ4n) is 2.53. The molecular weight excluding hydrogens is 348 g/mol. The lowest BCUT2D eigenvalue weighted by Gasteiger charge is -2.26. The Hall–Kier alpha value is -2.44. The van der Waals surface area contributed by atoms with E-state index in [9.17, 15) is 9.59 Å². The van der Waals surface area contributed by atoms with Gasteiger partial charge in [-0.1, -0.05) is 30.3 Å². The zero-order chi connectivity index (χ0) is 18.8. The van der Waals surface area contributed by atoms with Gasteiger partial charge in [0, 0.05) is 23.7 Å². The summed E-state index contributed by atoms with van der Waals surface area (Å²) >= 11 is 1.65. The minimum Gasteiger partial charge on any atom is -0.465 e. The van der Waals surface area contributed by atoms with Crippen LogP contribution in [0.15, 0.2) is 60.5 Å². The molecule has 0 aliphatic carbocycles. The van der Waals surface area contributed by atoms with Crippen molar-refractivity contribution in [1.82, 2.24) is 4.90 Å². The van der Waals surface area contributed by atoms with E-state index in [1.54, 1.807) is 24.3 Å². The highest BCUT2D eigenvalue weighted by atomic mass is 32.1.